The molecule has 0 spiro atoms. The van der Waals surface area contributed by atoms with E-state index in [9.17, 15) is 0 Å². The predicted molar refractivity (Wildman–Crippen MR) is 167 cm³/mol. The molecule has 0 unspecified atom stereocenters. The molecule has 4 nitrogen and oxygen atoms in total. The molecule has 1 aliphatic heterocycles. The largest absolute Gasteiger partial charge is 0.497 e. The van der Waals surface area contributed by atoms with Gasteiger partial charge >= 0.3 is 0 Å². The number of hydrogen-bond donors (Lipinski definition) is 0. The van der Waals surface area contributed by atoms with Crippen molar-refractivity contribution in [2.45, 2.75) is 38.6 Å². The summed E-state index contributed by atoms with van der Waals surface area (Å²) in [6.07, 6.45) is 5.88. The van der Waals surface area contributed by atoms with Gasteiger partial charge in [0.2, 0.25) is 0 Å². The van der Waals surface area contributed by atoms with Crippen molar-refractivity contribution < 1.29 is 9.47 Å². The highest BCUT2D eigenvalue weighted by molar-refractivity contribution is 5.96. The second-order valence-corrected chi connectivity index (χ2v) is 11.5. The van der Waals surface area contributed by atoms with Crippen molar-refractivity contribution in [1.29, 1.82) is 0 Å². The molecule has 4 heteroatoms. The minimum atomic E-state index is 0.751. The standard InChI is InChI=1S/C37H38N2O2/c1-40-32-15-16-33-30(24-32)25-35-34-23-29(22-27-8-4-2-5-9-27)12-17-36(34)39(37(33)35)26-28-10-13-31(14-11-28)41-21-20-38-18-6-3-7-19-38/h2,4-5,8-17,23-24H,3,6-7,18-22,25-26H2,1H3. The van der Waals surface area contributed by atoms with Gasteiger partial charge in [0.1, 0.15) is 18.1 Å². The molecule has 0 saturated carbocycles. The Labute approximate surface area is 243 Å². The van der Waals surface area contributed by atoms with Crippen molar-refractivity contribution >= 4 is 10.9 Å². The third kappa shape index (κ3) is 5.37. The summed E-state index contributed by atoms with van der Waals surface area (Å²) in [6, 6.07) is 33.0. The molecule has 7 rings (SSSR count). The number of methoxy groups -OCH3 is 1. The lowest BCUT2D eigenvalue weighted by Crippen LogP contribution is -2.33. The predicted octanol–water partition coefficient (Wildman–Crippen LogP) is 7.72. The zero-order chi connectivity index (χ0) is 27.6. The topological polar surface area (TPSA) is 26.6 Å². The average Bonchev–Trinajstić information content (AvgIpc) is 3.53. The second kappa shape index (κ2) is 11.5. The Morgan fingerprint density at radius 1 is 0.732 bits per heavy atom. The molecule has 1 aliphatic carbocycles. The molecule has 2 aliphatic rings. The fourth-order valence-electron chi connectivity index (χ4n) is 6.68. The van der Waals surface area contributed by atoms with E-state index in [1.807, 2.05) is 0 Å². The van der Waals surface area contributed by atoms with Crippen LogP contribution in [0.4, 0.5) is 0 Å². The zero-order valence-corrected chi connectivity index (χ0v) is 23.9. The highest BCUT2D eigenvalue weighted by Gasteiger charge is 2.27. The molecule has 4 aromatic carbocycles. The maximum atomic E-state index is 6.11. The maximum absolute atomic E-state index is 6.11. The summed E-state index contributed by atoms with van der Waals surface area (Å²) in [6.45, 7) is 5.01. The van der Waals surface area contributed by atoms with Crippen LogP contribution in [0.2, 0.25) is 0 Å². The Balaban J connectivity index is 1.17. The van der Waals surface area contributed by atoms with Crippen molar-refractivity contribution in [2.75, 3.05) is 33.4 Å². The van der Waals surface area contributed by atoms with E-state index < -0.39 is 0 Å². The van der Waals surface area contributed by atoms with Gasteiger partial charge in [0.25, 0.3) is 0 Å². The van der Waals surface area contributed by atoms with Crippen molar-refractivity contribution in [1.82, 2.24) is 9.47 Å². The smallest absolute Gasteiger partial charge is 0.119 e. The first-order chi connectivity index (χ1) is 20.2. The molecule has 0 bridgehead atoms. The van der Waals surface area contributed by atoms with Crippen molar-refractivity contribution in [3.63, 3.8) is 0 Å². The van der Waals surface area contributed by atoms with Gasteiger partial charge in [-0.1, -0.05) is 55.0 Å². The fraction of sp³-hybridized carbons (Fsp3) is 0.297. The van der Waals surface area contributed by atoms with Crippen LogP contribution in [0.5, 0.6) is 11.5 Å². The molecule has 2 heterocycles. The van der Waals surface area contributed by atoms with Crippen LogP contribution in [0.3, 0.4) is 0 Å². The van der Waals surface area contributed by atoms with E-state index in [0.717, 1.165) is 44.0 Å². The lowest BCUT2D eigenvalue weighted by atomic mass is 10.0. The molecule has 0 radical (unpaired) electrons. The maximum Gasteiger partial charge on any atom is 0.119 e. The molecule has 41 heavy (non-hydrogen) atoms. The van der Waals surface area contributed by atoms with E-state index in [-0.39, 0.29) is 0 Å². The summed E-state index contributed by atoms with van der Waals surface area (Å²) in [5, 5.41) is 1.36. The van der Waals surface area contributed by atoms with Gasteiger partial charge in [0.05, 0.1) is 12.8 Å². The van der Waals surface area contributed by atoms with E-state index in [2.05, 4.69) is 100 Å². The van der Waals surface area contributed by atoms with Gasteiger partial charge in [-0.05, 0) is 103 Å². The third-order valence-corrected chi connectivity index (χ3v) is 8.81. The number of likely N-dealkylation sites (tertiary alicyclic amines) is 1. The van der Waals surface area contributed by atoms with Crippen molar-refractivity contribution in [3.05, 3.63) is 119 Å². The number of benzene rings is 4. The summed E-state index contributed by atoms with van der Waals surface area (Å²) in [5.41, 5.74) is 10.7. The Hall–Kier alpha value is -4.02. The molecule has 0 atom stereocenters. The number of nitrogens with zero attached hydrogens (tertiary/aromatic N) is 2. The van der Waals surface area contributed by atoms with Gasteiger partial charge in [0.15, 0.2) is 0 Å². The normalized spacial score (nSPS) is 14.7. The number of hydrogen-bond acceptors (Lipinski definition) is 3. The van der Waals surface area contributed by atoms with Gasteiger partial charge in [-0.3, -0.25) is 4.90 Å². The molecule has 1 fully saturated rings. The Kier molecular flexibility index (Phi) is 7.24. The van der Waals surface area contributed by atoms with E-state index >= 15 is 0 Å². The first kappa shape index (κ1) is 25.9. The van der Waals surface area contributed by atoms with E-state index in [1.165, 1.54) is 82.3 Å². The molecule has 1 aromatic heterocycles. The van der Waals surface area contributed by atoms with Crippen LogP contribution < -0.4 is 9.47 Å². The van der Waals surface area contributed by atoms with Crippen molar-refractivity contribution in [2.24, 2.45) is 0 Å². The van der Waals surface area contributed by atoms with E-state index in [4.69, 9.17) is 9.47 Å². The molecular weight excluding hydrogens is 504 g/mol. The summed E-state index contributed by atoms with van der Waals surface area (Å²) in [5.74, 6) is 1.88. The van der Waals surface area contributed by atoms with Crippen LogP contribution in [-0.4, -0.2) is 42.8 Å². The molecular formula is C37H38N2O2. The highest BCUT2D eigenvalue weighted by Crippen LogP contribution is 2.44. The molecule has 1 saturated heterocycles. The number of ether oxygens (including phenoxy) is 2. The molecule has 5 aromatic rings. The quantitative estimate of drug-likeness (QED) is 0.187. The Bertz CT molecular complexity index is 1650. The zero-order valence-electron chi connectivity index (χ0n) is 23.9. The number of fused-ring (bicyclic) bond motifs is 5. The van der Waals surface area contributed by atoms with Gasteiger partial charge in [-0.25, -0.2) is 0 Å². The average molecular weight is 543 g/mol. The molecule has 0 N–H and O–H groups in total. The fourth-order valence-corrected chi connectivity index (χ4v) is 6.68. The molecule has 0 amide bonds. The van der Waals surface area contributed by atoms with E-state index in [0.29, 0.717) is 0 Å². The first-order valence-corrected chi connectivity index (χ1v) is 15.0. The van der Waals surface area contributed by atoms with Crippen LogP contribution in [-0.2, 0) is 19.4 Å². The SMILES string of the molecule is COc1ccc2c(c1)Cc1c-2n(Cc2ccc(OCCN3CCCCC3)cc2)c2ccc(Cc3ccccc3)cc12. The summed E-state index contributed by atoms with van der Waals surface area (Å²) < 4.78 is 14.2. The summed E-state index contributed by atoms with van der Waals surface area (Å²) >= 11 is 0. The highest BCUT2D eigenvalue weighted by atomic mass is 16.5. The van der Waals surface area contributed by atoms with E-state index in [1.54, 1.807) is 7.11 Å². The van der Waals surface area contributed by atoms with Crippen molar-refractivity contribution in [3.8, 4) is 22.8 Å². The van der Waals surface area contributed by atoms with Crippen LogP contribution in [0.25, 0.3) is 22.2 Å². The third-order valence-electron chi connectivity index (χ3n) is 8.81. The number of rotatable bonds is 9. The Morgan fingerprint density at radius 2 is 1.51 bits per heavy atom. The van der Waals surface area contributed by atoms with Crippen LogP contribution >= 0.6 is 0 Å². The second-order valence-electron chi connectivity index (χ2n) is 11.5. The van der Waals surface area contributed by atoms with Gasteiger partial charge in [0, 0.05) is 36.0 Å². The molecule has 208 valence electrons. The van der Waals surface area contributed by atoms with Gasteiger partial charge in [-0.2, -0.15) is 0 Å². The first-order valence-electron chi connectivity index (χ1n) is 15.0. The minimum Gasteiger partial charge on any atom is -0.497 e. The minimum absolute atomic E-state index is 0.751. The summed E-state index contributed by atoms with van der Waals surface area (Å²) in [4.78, 5) is 2.52. The Morgan fingerprint density at radius 3 is 2.32 bits per heavy atom. The monoisotopic (exact) mass is 542 g/mol. The van der Waals surface area contributed by atoms with Crippen LogP contribution in [0.1, 0.15) is 47.1 Å². The lowest BCUT2D eigenvalue weighted by molar-refractivity contribution is 0.183. The summed E-state index contributed by atoms with van der Waals surface area (Å²) in [7, 11) is 1.75. The number of aromatic nitrogens is 1. The number of piperidine rings is 1. The van der Waals surface area contributed by atoms with Gasteiger partial charge < -0.3 is 14.0 Å². The van der Waals surface area contributed by atoms with Crippen LogP contribution in [0, 0.1) is 0 Å². The lowest BCUT2D eigenvalue weighted by Gasteiger charge is -2.26. The van der Waals surface area contributed by atoms with Gasteiger partial charge in [-0.15, -0.1) is 0 Å². The van der Waals surface area contributed by atoms with Crippen LogP contribution in [0.15, 0.2) is 91.0 Å².